The summed E-state index contributed by atoms with van der Waals surface area (Å²) < 4.78 is 14.4. The van der Waals surface area contributed by atoms with Crippen LogP contribution >= 0.6 is 15.9 Å². The Balaban J connectivity index is 1.88. The molecular weight excluding hydrogens is 347 g/mol. The minimum atomic E-state index is -0.430. The van der Waals surface area contributed by atoms with Gasteiger partial charge in [0.25, 0.3) is 0 Å². The summed E-state index contributed by atoms with van der Waals surface area (Å²) in [4.78, 5) is 12.2. The van der Waals surface area contributed by atoms with Gasteiger partial charge in [-0.15, -0.1) is 0 Å². The molecular formula is C17H24BrFN2O. The first kappa shape index (κ1) is 17.4. The molecule has 0 aliphatic heterocycles. The number of halogens is 2. The van der Waals surface area contributed by atoms with Gasteiger partial charge in [-0.05, 0) is 38.0 Å². The molecule has 5 heteroatoms. The Morgan fingerprint density at radius 1 is 1.23 bits per heavy atom. The highest BCUT2D eigenvalue weighted by Gasteiger charge is 2.19. The molecule has 0 unspecified atom stereocenters. The Bertz CT molecular complexity index is 501. The van der Waals surface area contributed by atoms with E-state index >= 15 is 0 Å². The number of hydrogen-bond donors (Lipinski definition) is 2. The van der Waals surface area contributed by atoms with E-state index in [4.69, 9.17) is 0 Å². The minimum absolute atomic E-state index is 0.191. The lowest BCUT2D eigenvalue weighted by molar-refractivity contribution is -0.118. The molecule has 0 aromatic heterocycles. The lowest BCUT2D eigenvalue weighted by Gasteiger charge is -2.24. The number of benzene rings is 1. The fourth-order valence-electron chi connectivity index (χ4n) is 2.88. The molecule has 122 valence electrons. The number of amides is 1. The van der Waals surface area contributed by atoms with Crippen molar-refractivity contribution in [1.82, 2.24) is 5.32 Å². The van der Waals surface area contributed by atoms with Crippen molar-refractivity contribution < 1.29 is 9.18 Å². The number of nitrogens with one attached hydrogen (secondary N) is 2. The average Bonchev–Trinajstić information content (AvgIpc) is 2.44. The van der Waals surface area contributed by atoms with Crippen LogP contribution in [0.4, 0.5) is 10.1 Å². The highest BCUT2D eigenvalue weighted by molar-refractivity contribution is 9.10. The van der Waals surface area contributed by atoms with E-state index < -0.39 is 5.82 Å². The number of carbonyl (C=O) groups excluding carboxylic acids is 1. The van der Waals surface area contributed by atoms with E-state index in [-0.39, 0.29) is 17.6 Å². The molecule has 1 aromatic rings. The van der Waals surface area contributed by atoms with Crippen molar-refractivity contribution in [3.05, 3.63) is 28.5 Å². The second-order valence-electron chi connectivity index (χ2n) is 6.04. The van der Waals surface area contributed by atoms with Crippen molar-refractivity contribution in [1.29, 1.82) is 0 Å². The predicted molar refractivity (Wildman–Crippen MR) is 91.4 cm³/mol. The van der Waals surface area contributed by atoms with Crippen molar-refractivity contribution in [3.8, 4) is 0 Å². The van der Waals surface area contributed by atoms with E-state index in [0.29, 0.717) is 10.5 Å². The lowest BCUT2D eigenvalue weighted by Crippen LogP contribution is -2.44. The van der Waals surface area contributed by atoms with Gasteiger partial charge in [0.1, 0.15) is 5.82 Å². The van der Waals surface area contributed by atoms with Crippen LogP contribution in [-0.4, -0.2) is 18.0 Å². The zero-order valence-electron chi connectivity index (χ0n) is 13.0. The second kappa shape index (κ2) is 8.63. The summed E-state index contributed by atoms with van der Waals surface area (Å²) >= 11 is 3.21. The van der Waals surface area contributed by atoms with Crippen molar-refractivity contribution in [2.75, 3.05) is 5.32 Å². The second-order valence-corrected chi connectivity index (χ2v) is 6.96. The van der Waals surface area contributed by atoms with Crippen molar-refractivity contribution in [2.24, 2.45) is 0 Å². The number of rotatable bonds is 4. The highest BCUT2D eigenvalue weighted by atomic mass is 79.9. The van der Waals surface area contributed by atoms with Crippen molar-refractivity contribution >= 4 is 27.5 Å². The standard InChI is InChI=1S/C17H24BrFN2O/c1-12(20-14-7-5-3-2-4-6-8-14)17(22)21-16-10-9-13(18)11-15(16)19/h9-12,14,20H,2-8H2,1H3,(H,21,22)/t12-/m0/s1. The Morgan fingerprint density at radius 3 is 2.50 bits per heavy atom. The topological polar surface area (TPSA) is 41.1 Å². The molecule has 0 spiro atoms. The third kappa shape index (κ3) is 5.36. The predicted octanol–water partition coefficient (Wildman–Crippen LogP) is 4.62. The van der Waals surface area contributed by atoms with Gasteiger partial charge in [0.15, 0.2) is 0 Å². The highest BCUT2D eigenvalue weighted by Crippen LogP contribution is 2.20. The maximum absolute atomic E-state index is 13.8. The molecule has 0 saturated heterocycles. The van der Waals surface area contributed by atoms with Gasteiger partial charge in [-0.2, -0.15) is 0 Å². The van der Waals surface area contributed by atoms with Gasteiger partial charge in [-0.3, -0.25) is 4.79 Å². The normalized spacial score (nSPS) is 18.3. The summed E-state index contributed by atoms with van der Waals surface area (Å²) in [5.41, 5.74) is 0.222. The third-order valence-corrected chi connectivity index (χ3v) is 4.67. The van der Waals surface area contributed by atoms with Gasteiger partial charge >= 0.3 is 0 Å². The van der Waals surface area contributed by atoms with Crippen LogP contribution in [0.15, 0.2) is 22.7 Å². The van der Waals surface area contributed by atoms with Gasteiger partial charge in [0.05, 0.1) is 11.7 Å². The van der Waals surface area contributed by atoms with Gasteiger partial charge in [-0.25, -0.2) is 4.39 Å². The SMILES string of the molecule is C[C@H](NC1CCCCCCC1)C(=O)Nc1ccc(Br)cc1F. The fourth-order valence-corrected chi connectivity index (χ4v) is 3.22. The summed E-state index contributed by atoms with van der Waals surface area (Å²) in [5.74, 6) is -0.621. The fraction of sp³-hybridized carbons (Fsp3) is 0.588. The number of carbonyl (C=O) groups is 1. The van der Waals surface area contributed by atoms with Crippen LogP contribution in [0.25, 0.3) is 0 Å². The molecule has 1 saturated carbocycles. The average molecular weight is 371 g/mol. The third-order valence-electron chi connectivity index (χ3n) is 4.17. The maximum Gasteiger partial charge on any atom is 0.241 e. The summed E-state index contributed by atoms with van der Waals surface area (Å²) in [6.07, 6.45) is 8.55. The van der Waals surface area contributed by atoms with Crippen LogP contribution in [0.2, 0.25) is 0 Å². The smallest absolute Gasteiger partial charge is 0.241 e. The number of anilines is 1. The maximum atomic E-state index is 13.8. The Kier molecular flexibility index (Phi) is 6.83. The first-order valence-electron chi connectivity index (χ1n) is 8.08. The molecule has 1 aliphatic carbocycles. The first-order chi connectivity index (χ1) is 10.6. The zero-order chi connectivity index (χ0) is 15.9. The zero-order valence-corrected chi connectivity index (χ0v) is 14.6. The van der Waals surface area contributed by atoms with E-state index in [0.717, 1.165) is 12.8 Å². The summed E-state index contributed by atoms with van der Waals surface area (Å²) in [6, 6.07) is 4.69. The van der Waals surface area contributed by atoms with Crippen LogP contribution in [-0.2, 0) is 4.79 Å². The lowest BCUT2D eigenvalue weighted by atomic mass is 9.96. The van der Waals surface area contributed by atoms with Crippen LogP contribution in [0.1, 0.15) is 51.9 Å². The monoisotopic (exact) mass is 370 g/mol. The molecule has 0 heterocycles. The van der Waals surface area contributed by atoms with E-state index in [2.05, 4.69) is 26.6 Å². The van der Waals surface area contributed by atoms with Gasteiger partial charge in [0.2, 0.25) is 5.91 Å². The van der Waals surface area contributed by atoms with Crippen molar-refractivity contribution in [2.45, 2.75) is 64.0 Å². The number of hydrogen-bond acceptors (Lipinski definition) is 2. The van der Waals surface area contributed by atoms with Crippen LogP contribution in [0.5, 0.6) is 0 Å². The molecule has 1 aliphatic rings. The molecule has 2 N–H and O–H groups in total. The molecule has 1 atom stereocenters. The molecule has 1 fully saturated rings. The first-order valence-corrected chi connectivity index (χ1v) is 8.87. The molecule has 0 radical (unpaired) electrons. The van der Waals surface area contributed by atoms with Gasteiger partial charge in [-0.1, -0.05) is 48.0 Å². The molecule has 0 bridgehead atoms. The Labute approximate surface area is 140 Å². The summed E-state index contributed by atoms with van der Waals surface area (Å²) in [6.45, 7) is 1.84. The summed E-state index contributed by atoms with van der Waals surface area (Å²) in [5, 5.41) is 6.05. The summed E-state index contributed by atoms with van der Waals surface area (Å²) in [7, 11) is 0. The van der Waals surface area contributed by atoms with Crippen LogP contribution < -0.4 is 10.6 Å². The molecule has 2 rings (SSSR count). The van der Waals surface area contributed by atoms with Gasteiger partial charge < -0.3 is 10.6 Å². The van der Waals surface area contributed by atoms with E-state index in [1.54, 1.807) is 12.1 Å². The molecule has 1 aromatic carbocycles. The Morgan fingerprint density at radius 2 is 1.86 bits per heavy atom. The van der Waals surface area contributed by atoms with E-state index in [1.165, 1.54) is 38.2 Å². The molecule has 3 nitrogen and oxygen atoms in total. The van der Waals surface area contributed by atoms with E-state index in [9.17, 15) is 9.18 Å². The van der Waals surface area contributed by atoms with Crippen molar-refractivity contribution in [3.63, 3.8) is 0 Å². The largest absolute Gasteiger partial charge is 0.322 e. The van der Waals surface area contributed by atoms with Crippen LogP contribution in [0, 0.1) is 5.82 Å². The van der Waals surface area contributed by atoms with E-state index in [1.807, 2.05) is 6.92 Å². The Hall–Kier alpha value is -0.940. The quantitative estimate of drug-likeness (QED) is 0.811. The van der Waals surface area contributed by atoms with Gasteiger partial charge in [0, 0.05) is 10.5 Å². The molecule has 22 heavy (non-hydrogen) atoms. The minimum Gasteiger partial charge on any atom is -0.322 e. The van der Waals surface area contributed by atoms with Crippen LogP contribution in [0.3, 0.4) is 0 Å². The molecule has 1 amide bonds.